The highest BCUT2D eigenvalue weighted by Gasteiger charge is 2.48. The monoisotopic (exact) mass is 567 g/mol. The lowest BCUT2D eigenvalue weighted by molar-refractivity contribution is -0.167. The van der Waals surface area contributed by atoms with Crippen LogP contribution in [0.5, 0.6) is 5.75 Å². The number of carbonyl (C=O) groups excluding carboxylic acids is 2. The van der Waals surface area contributed by atoms with Crippen LogP contribution in [-0.4, -0.2) is 84.5 Å². The Morgan fingerprint density at radius 2 is 2.12 bits per heavy atom. The van der Waals surface area contributed by atoms with Gasteiger partial charge in [0, 0.05) is 43.8 Å². The lowest BCUT2D eigenvalue weighted by atomic mass is 10.0. The number of anilines is 1. The fourth-order valence-corrected chi connectivity index (χ4v) is 4.86. The number of halogens is 2. The van der Waals surface area contributed by atoms with Crippen LogP contribution < -0.4 is 10.1 Å². The number of aliphatic hydroxyl groups is 2. The predicted molar refractivity (Wildman–Crippen MR) is 139 cm³/mol. The van der Waals surface area contributed by atoms with Crippen molar-refractivity contribution in [3.8, 4) is 23.1 Å². The molecule has 3 aromatic rings. The molecule has 5 rings (SSSR count). The molecule has 3 N–H and O–H groups in total. The molecule has 0 radical (unpaired) electrons. The quantitative estimate of drug-likeness (QED) is 0.365. The van der Waals surface area contributed by atoms with Gasteiger partial charge in [-0.05, 0) is 36.1 Å². The topological polar surface area (TPSA) is 166 Å². The van der Waals surface area contributed by atoms with E-state index in [1.54, 1.807) is 23.0 Å². The highest BCUT2D eigenvalue weighted by atomic mass is 19.3. The Labute approximate surface area is 233 Å². The molecule has 1 aliphatic carbocycles. The molecule has 2 amide bonds. The number of alkyl halides is 2. The molecule has 2 aliphatic rings. The van der Waals surface area contributed by atoms with Crippen LogP contribution >= 0.6 is 0 Å². The molecule has 4 atom stereocenters. The van der Waals surface area contributed by atoms with Crippen molar-refractivity contribution in [2.45, 2.75) is 36.9 Å². The first-order valence-corrected chi connectivity index (χ1v) is 12.9. The molecular weight excluding hydrogens is 540 g/mol. The summed E-state index contributed by atoms with van der Waals surface area (Å²) < 4.78 is 36.9. The van der Waals surface area contributed by atoms with E-state index in [0.29, 0.717) is 17.7 Å². The Bertz CT molecular complexity index is 1510. The number of aryl methyl sites for hydroxylation is 1. The number of nitrogens with one attached hydrogen (secondary N) is 1. The van der Waals surface area contributed by atoms with Crippen LogP contribution in [0.2, 0.25) is 0 Å². The molecule has 1 saturated heterocycles. The van der Waals surface area contributed by atoms with E-state index in [1.807, 2.05) is 19.3 Å². The maximum absolute atomic E-state index is 14.8. The molecule has 0 spiro atoms. The number of nitrogens with zero attached hydrogens (tertiary/aromatic N) is 6. The first-order valence-electron chi connectivity index (χ1n) is 12.9. The van der Waals surface area contributed by atoms with Gasteiger partial charge < -0.3 is 25.2 Å². The van der Waals surface area contributed by atoms with Crippen LogP contribution in [0, 0.1) is 17.2 Å². The first-order chi connectivity index (χ1) is 19.6. The summed E-state index contributed by atoms with van der Waals surface area (Å²) in [6, 6.07) is 7.89. The lowest BCUT2D eigenvalue weighted by Crippen LogP contribution is -2.57. The molecule has 2 aromatic heterocycles. The Kier molecular flexibility index (Phi) is 7.65. The molecule has 1 aromatic carbocycles. The fraction of sp³-hybridized carbons (Fsp3) is 0.407. The van der Waals surface area contributed by atoms with Crippen molar-refractivity contribution >= 4 is 17.6 Å². The number of aliphatic hydroxyl groups excluding tert-OH is 2. The third-order valence-electron chi connectivity index (χ3n) is 7.17. The van der Waals surface area contributed by atoms with E-state index in [9.17, 15) is 28.7 Å². The number of aromatic nitrogens is 4. The van der Waals surface area contributed by atoms with Gasteiger partial charge in [0.25, 0.3) is 5.91 Å². The van der Waals surface area contributed by atoms with Crippen molar-refractivity contribution in [3.63, 3.8) is 0 Å². The number of amides is 2. The number of ether oxygens (including phenoxy) is 1. The number of hydrogen-bond acceptors (Lipinski definition) is 9. The summed E-state index contributed by atoms with van der Waals surface area (Å²) in [5, 5.41) is 35.1. The fourth-order valence-electron chi connectivity index (χ4n) is 4.86. The average molecular weight is 568 g/mol. The SMILES string of the molecule is Cn1cc([C@@H]2C[C@H]2C(=O)Nc2cc(-c3ccc(O[C@H]4CCN(C(=O)[C@@H](O)CO)CC4(F)F)c(C#N)c3)ncn2)cn1. The molecule has 12 nitrogen and oxygen atoms in total. The van der Waals surface area contributed by atoms with Crippen LogP contribution in [-0.2, 0) is 16.6 Å². The molecule has 0 unspecified atom stereocenters. The van der Waals surface area contributed by atoms with Gasteiger partial charge in [0.1, 0.15) is 24.0 Å². The number of rotatable bonds is 8. The number of benzene rings is 1. The van der Waals surface area contributed by atoms with Gasteiger partial charge in [-0.1, -0.05) is 0 Å². The zero-order valence-electron chi connectivity index (χ0n) is 21.9. The van der Waals surface area contributed by atoms with Crippen molar-refractivity contribution in [3.05, 3.63) is 54.1 Å². The molecule has 41 heavy (non-hydrogen) atoms. The van der Waals surface area contributed by atoms with Crippen LogP contribution in [0.15, 0.2) is 43.0 Å². The molecule has 14 heteroatoms. The highest BCUT2D eigenvalue weighted by molar-refractivity contribution is 5.94. The Morgan fingerprint density at radius 3 is 2.80 bits per heavy atom. The van der Waals surface area contributed by atoms with Crippen molar-refractivity contribution in [2.24, 2.45) is 13.0 Å². The van der Waals surface area contributed by atoms with Crippen molar-refractivity contribution in [2.75, 3.05) is 25.0 Å². The van der Waals surface area contributed by atoms with Gasteiger partial charge in [-0.15, -0.1) is 0 Å². The third kappa shape index (κ3) is 6.01. The van der Waals surface area contributed by atoms with E-state index in [4.69, 9.17) is 9.84 Å². The van der Waals surface area contributed by atoms with Crippen molar-refractivity contribution in [1.29, 1.82) is 5.26 Å². The maximum atomic E-state index is 14.8. The number of nitriles is 1. The van der Waals surface area contributed by atoms with E-state index in [1.165, 1.54) is 18.5 Å². The zero-order chi connectivity index (χ0) is 29.3. The van der Waals surface area contributed by atoms with E-state index >= 15 is 0 Å². The summed E-state index contributed by atoms with van der Waals surface area (Å²) >= 11 is 0. The molecule has 3 heterocycles. The number of piperidine rings is 1. The summed E-state index contributed by atoms with van der Waals surface area (Å²) in [4.78, 5) is 33.9. The number of likely N-dealkylation sites (tertiary alicyclic amines) is 1. The zero-order valence-corrected chi connectivity index (χ0v) is 21.9. The molecule has 1 saturated carbocycles. The summed E-state index contributed by atoms with van der Waals surface area (Å²) in [5.41, 5.74) is 1.88. The second-order valence-corrected chi connectivity index (χ2v) is 10.1. The van der Waals surface area contributed by atoms with Gasteiger partial charge in [-0.3, -0.25) is 14.3 Å². The number of carbonyl (C=O) groups is 2. The minimum Gasteiger partial charge on any atom is -0.483 e. The molecule has 214 valence electrons. The van der Waals surface area contributed by atoms with E-state index < -0.39 is 37.2 Å². The Balaban J connectivity index is 1.25. The van der Waals surface area contributed by atoms with E-state index in [-0.39, 0.29) is 47.8 Å². The lowest BCUT2D eigenvalue weighted by Gasteiger charge is -2.38. The van der Waals surface area contributed by atoms with Crippen molar-refractivity contribution in [1.82, 2.24) is 24.6 Å². The molecule has 2 fully saturated rings. The highest BCUT2D eigenvalue weighted by Crippen LogP contribution is 2.47. The van der Waals surface area contributed by atoms with Crippen LogP contribution in [0.25, 0.3) is 11.3 Å². The van der Waals surface area contributed by atoms with Crippen LogP contribution in [0.4, 0.5) is 14.6 Å². The van der Waals surface area contributed by atoms with Crippen LogP contribution in [0.1, 0.15) is 29.9 Å². The first kappa shape index (κ1) is 28.1. The maximum Gasteiger partial charge on any atom is 0.301 e. The number of hydrogen-bond donors (Lipinski definition) is 3. The molecule has 1 aliphatic heterocycles. The Hall–Kier alpha value is -4.48. The van der Waals surface area contributed by atoms with E-state index in [2.05, 4.69) is 20.4 Å². The smallest absolute Gasteiger partial charge is 0.301 e. The predicted octanol–water partition coefficient (Wildman–Crippen LogP) is 1.46. The molecular formula is C27H27F2N7O5. The summed E-state index contributed by atoms with van der Waals surface area (Å²) in [7, 11) is 1.82. The summed E-state index contributed by atoms with van der Waals surface area (Å²) in [6.45, 7) is -1.98. The average Bonchev–Trinajstić information content (AvgIpc) is 3.66. The van der Waals surface area contributed by atoms with Crippen molar-refractivity contribution < 1.29 is 33.3 Å². The summed E-state index contributed by atoms with van der Waals surface area (Å²) in [5.74, 6) is -4.50. The largest absolute Gasteiger partial charge is 0.483 e. The minimum absolute atomic E-state index is 0.00556. The normalized spacial score (nSPS) is 22.0. The molecule has 0 bridgehead atoms. The standard InChI is InChI=1S/C27H27F2N7O5/c1-35-11-17(10-33-35)18-7-19(18)25(39)34-24-8-20(31-14-32-24)15-2-3-22(16(6-15)9-30)41-23-4-5-36(13-27(23,28)29)26(40)21(38)12-37/h2-3,6,8,10-11,14,18-19,21,23,37-38H,4-5,7,12-13H2,1H3,(H,31,32,34,39)/t18-,19+,21-,23-/m0/s1. The van der Waals surface area contributed by atoms with Gasteiger partial charge in [0.15, 0.2) is 12.2 Å². The van der Waals surface area contributed by atoms with Gasteiger partial charge in [0.05, 0.1) is 30.6 Å². The van der Waals surface area contributed by atoms with Crippen LogP contribution in [0.3, 0.4) is 0 Å². The third-order valence-corrected chi connectivity index (χ3v) is 7.17. The van der Waals surface area contributed by atoms with Gasteiger partial charge in [-0.25, -0.2) is 18.7 Å². The van der Waals surface area contributed by atoms with Gasteiger partial charge in [-0.2, -0.15) is 10.4 Å². The van der Waals surface area contributed by atoms with Gasteiger partial charge >= 0.3 is 5.92 Å². The second-order valence-electron chi connectivity index (χ2n) is 10.1. The van der Waals surface area contributed by atoms with E-state index in [0.717, 1.165) is 10.5 Å². The second kappa shape index (κ2) is 11.2. The minimum atomic E-state index is -3.47. The van der Waals surface area contributed by atoms with Gasteiger partial charge in [0.2, 0.25) is 5.91 Å². The summed E-state index contributed by atoms with van der Waals surface area (Å²) in [6.07, 6.45) is 1.98. The Morgan fingerprint density at radius 1 is 1.32 bits per heavy atom.